The maximum absolute atomic E-state index is 13.8. The van der Waals surface area contributed by atoms with Gasteiger partial charge >= 0.3 is 6.09 Å². The summed E-state index contributed by atoms with van der Waals surface area (Å²) in [4.78, 5) is 55.6. The van der Waals surface area contributed by atoms with Gasteiger partial charge in [-0.25, -0.2) is 4.79 Å². The highest BCUT2D eigenvalue weighted by Crippen LogP contribution is 2.38. The van der Waals surface area contributed by atoms with Crippen molar-refractivity contribution in [3.05, 3.63) is 36.5 Å². The summed E-state index contributed by atoms with van der Waals surface area (Å²) >= 11 is 0. The van der Waals surface area contributed by atoms with Crippen molar-refractivity contribution in [3.63, 3.8) is 0 Å². The molecule has 0 spiro atoms. The number of amides is 3. The minimum Gasteiger partial charge on any atom is -0.444 e. The van der Waals surface area contributed by atoms with Gasteiger partial charge in [0, 0.05) is 25.1 Å². The van der Waals surface area contributed by atoms with Crippen LogP contribution in [-0.4, -0.2) is 81.3 Å². The first-order valence-corrected chi connectivity index (χ1v) is 12.7. The Morgan fingerprint density at radius 1 is 1.24 bits per heavy atom. The lowest BCUT2D eigenvalue weighted by atomic mass is 10.1. The number of nitrogens with zero attached hydrogens (tertiary/aromatic N) is 3. The zero-order chi connectivity index (χ0) is 27.8. The van der Waals surface area contributed by atoms with E-state index in [0.717, 1.165) is 15.8 Å². The van der Waals surface area contributed by atoms with Gasteiger partial charge in [0.25, 0.3) is 11.8 Å². The van der Waals surface area contributed by atoms with Crippen LogP contribution in [0.4, 0.5) is 4.79 Å². The van der Waals surface area contributed by atoms with Crippen molar-refractivity contribution in [2.24, 2.45) is 0 Å². The summed E-state index contributed by atoms with van der Waals surface area (Å²) in [6.07, 6.45) is 7.62. The number of hydrogen-bond donors (Lipinski definition) is 1. The number of fused-ring (bicyclic) bond motifs is 2. The summed E-state index contributed by atoms with van der Waals surface area (Å²) in [5.41, 5.74) is -1.01. The predicted molar refractivity (Wildman–Crippen MR) is 140 cm³/mol. The molecule has 2 saturated heterocycles. The molecular formula is C28H34N4O6. The number of carbonyl (C=O) groups excluding carboxylic acids is 4. The molecule has 3 amide bonds. The van der Waals surface area contributed by atoms with Gasteiger partial charge in [0.2, 0.25) is 5.91 Å². The lowest BCUT2D eigenvalue weighted by Gasteiger charge is -2.37. The first kappa shape index (κ1) is 27.2. The molecule has 2 aliphatic heterocycles. The van der Waals surface area contributed by atoms with Crippen LogP contribution in [-0.2, 0) is 19.1 Å². The molecule has 1 N–H and O–H groups in total. The molecule has 0 unspecified atom stereocenters. The van der Waals surface area contributed by atoms with E-state index in [9.17, 15) is 19.2 Å². The highest BCUT2D eigenvalue weighted by atomic mass is 16.6. The smallest absolute Gasteiger partial charge is 0.411 e. The van der Waals surface area contributed by atoms with E-state index in [2.05, 4.69) is 11.2 Å². The lowest BCUT2D eigenvalue weighted by Crippen LogP contribution is -2.59. The summed E-state index contributed by atoms with van der Waals surface area (Å²) in [6, 6.07) is 6.32. The second kappa shape index (κ2) is 10.1. The number of hydrogen-bond acceptors (Lipinski definition) is 6. The minimum atomic E-state index is -1.30. The SMILES string of the molecule is C#C[C@@H](C(=O)N[C@H]1CCO[C@@]2(C)CC[C@H](C(=O)n3ccc4ccccc43)N2C1=O)N(C)C(=O)OC(C)(C)C. The van der Waals surface area contributed by atoms with Gasteiger partial charge in [-0.15, -0.1) is 6.42 Å². The molecule has 1 aromatic carbocycles. The molecule has 4 atom stereocenters. The van der Waals surface area contributed by atoms with Gasteiger partial charge < -0.3 is 19.7 Å². The van der Waals surface area contributed by atoms with Crippen LogP contribution in [0.5, 0.6) is 0 Å². The van der Waals surface area contributed by atoms with Crippen LogP contribution in [0, 0.1) is 12.3 Å². The summed E-state index contributed by atoms with van der Waals surface area (Å²) in [5.74, 6) is 0.936. The zero-order valence-corrected chi connectivity index (χ0v) is 22.4. The van der Waals surface area contributed by atoms with E-state index in [4.69, 9.17) is 15.9 Å². The van der Waals surface area contributed by atoms with Crippen LogP contribution in [0.1, 0.15) is 51.8 Å². The van der Waals surface area contributed by atoms with E-state index >= 15 is 0 Å². The molecule has 38 heavy (non-hydrogen) atoms. The number of nitrogens with one attached hydrogen (secondary N) is 1. The number of para-hydroxylation sites is 1. The highest BCUT2D eigenvalue weighted by molar-refractivity contribution is 5.99. The van der Waals surface area contributed by atoms with Crippen LogP contribution < -0.4 is 5.32 Å². The van der Waals surface area contributed by atoms with Crippen molar-refractivity contribution in [2.75, 3.05) is 13.7 Å². The van der Waals surface area contributed by atoms with Crippen molar-refractivity contribution in [2.45, 2.75) is 76.4 Å². The van der Waals surface area contributed by atoms with E-state index in [1.54, 1.807) is 38.5 Å². The monoisotopic (exact) mass is 522 g/mol. The van der Waals surface area contributed by atoms with Gasteiger partial charge in [-0.2, -0.15) is 0 Å². The second-order valence-corrected chi connectivity index (χ2v) is 10.9. The molecule has 0 bridgehead atoms. The molecule has 0 aliphatic carbocycles. The third kappa shape index (κ3) is 5.11. The van der Waals surface area contributed by atoms with Crippen LogP contribution in [0.15, 0.2) is 36.5 Å². The van der Waals surface area contributed by atoms with Gasteiger partial charge in [-0.1, -0.05) is 24.1 Å². The summed E-state index contributed by atoms with van der Waals surface area (Å²) in [6.45, 7) is 7.09. The fourth-order valence-corrected chi connectivity index (χ4v) is 5.06. The maximum Gasteiger partial charge on any atom is 0.411 e. The van der Waals surface area contributed by atoms with E-state index in [0.29, 0.717) is 12.8 Å². The standard InChI is InChI=1S/C28H34N4O6/c1-7-20(30(6)26(36)38-27(2,3)4)23(33)29-19-14-17-37-28(5)15-12-22(32(28)24(19)34)25(35)31-16-13-18-10-8-9-11-21(18)31/h1,8-11,13,16,19-20,22H,12,14-15,17H2,2-6H3,(H,29,33)/t19-,20-,22+,28-/m0/s1. The number of likely N-dealkylation sites (N-methyl/N-ethyl adjacent to an activating group) is 1. The Labute approximate surface area is 222 Å². The maximum atomic E-state index is 13.8. The minimum absolute atomic E-state index is 0.192. The summed E-state index contributed by atoms with van der Waals surface area (Å²) in [5, 5.41) is 3.61. The zero-order valence-electron chi connectivity index (χ0n) is 22.4. The molecule has 2 aromatic rings. The van der Waals surface area contributed by atoms with Crippen molar-refractivity contribution < 1.29 is 28.7 Å². The molecule has 10 nitrogen and oxygen atoms in total. The second-order valence-electron chi connectivity index (χ2n) is 10.9. The average molecular weight is 523 g/mol. The Morgan fingerprint density at radius 2 is 1.95 bits per heavy atom. The lowest BCUT2D eigenvalue weighted by molar-refractivity contribution is -0.158. The number of rotatable bonds is 4. The molecule has 202 valence electrons. The average Bonchev–Trinajstić information content (AvgIpc) is 3.40. The van der Waals surface area contributed by atoms with E-state index in [1.165, 1.54) is 11.9 Å². The van der Waals surface area contributed by atoms with Crippen LogP contribution >= 0.6 is 0 Å². The van der Waals surface area contributed by atoms with Gasteiger partial charge in [-0.3, -0.25) is 23.9 Å². The number of benzene rings is 1. The van der Waals surface area contributed by atoms with E-state index in [-0.39, 0.29) is 18.9 Å². The van der Waals surface area contributed by atoms with Crippen molar-refractivity contribution in [1.82, 2.24) is 19.7 Å². The third-order valence-electron chi connectivity index (χ3n) is 6.97. The van der Waals surface area contributed by atoms with Crippen LogP contribution in [0.25, 0.3) is 10.9 Å². The van der Waals surface area contributed by atoms with Gasteiger partial charge in [0.1, 0.15) is 23.4 Å². The van der Waals surface area contributed by atoms with Crippen molar-refractivity contribution in [3.8, 4) is 12.3 Å². The van der Waals surface area contributed by atoms with Gasteiger partial charge in [-0.05, 0) is 52.7 Å². The molecule has 10 heteroatoms. The van der Waals surface area contributed by atoms with E-state index in [1.807, 2.05) is 30.3 Å². The Kier molecular flexibility index (Phi) is 7.26. The molecular weight excluding hydrogens is 488 g/mol. The van der Waals surface area contributed by atoms with E-state index < -0.39 is 47.4 Å². The molecule has 0 saturated carbocycles. The Morgan fingerprint density at radius 3 is 2.63 bits per heavy atom. The molecule has 0 radical (unpaired) electrons. The molecule has 4 rings (SSSR count). The number of terminal acetylenes is 1. The molecule has 2 fully saturated rings. The fourth-order valence-electron chi connectivity index (χ4n) is 5.06. The van der Waals surface area contributed by atoms with Gasteiger partial charge in [0.05, 0.1) is 12.1 Å². The first-order valence-electron chi connectivity index (χ1n) is 12.7. The first-order chi connectivity index (χ1) is 17.9. The molecule has 3 heterocycles. The van der Waals surface area contributed by atoms with Crippen molar-refractivity contribution in [1.29, 1.82) is 0 Å². The topological polar surface area (TPSA) is 110 Å². The van der Waals surface area contributed by atoms with Crippen LogP contribution in [0.3, 0.4) is 0 Å². The highest BCUT2D eigenvalue weighted by Gasteiger charge is 2.53. The summed E-state index contributed by atoms with van der Waals surface area (Å²) < 4.78 is 13.0. The quantitative estimate of drug-likeness (QED) is 0.619. The Hall–Kier alpha value is -3.84. The predicted octanol–water partition coefficient (Wildman–Crippen LogP) is 2.76. The molecule has 1 aromatic heterocycles. The van der Waals surface area contributed by atoms with Crippen molar-refractivity contribution >= 4 is 34.7 Å². The summed E-state index contributed by atoms with van der Waals surface area (Å²) in [7, 11) is 1.36. The number of carbonyl (C=O) groups is 4. The normalized spacial score (nSPS) is 24.2. The van der Waals surface area contributed by atoms with Gasteiger partial charge in [0.15, 0.2) is 6.04 Å². The Bertz CT molecular complexity index is 1300. The Balaban J connectivity index is 1.55. The largest absolute Gasteiger partial charge is 0.444 e. The fraction of sp³-hybridized carbons (Fsp3) is 0.500. The number of ether oxygens (including phenoxy) is 2. The van der Waals surface area contributed by atoms with Crippen LogP contribution in [0.2, 0.25) is 0 Å². The molecule has 2 aliphatic rings. The number of aromatic nitrogens is 1. The third-order valence-corrected chi connectivity index (χ3v) is 6.97.